The van der Waals surface area contributed by atoms with E-state index in [0.717, 1.165) is 0 Å². The minimum atomic E-state index is -0.377. The molecule has 0 amide bonds. The van der Waals surface area contributed by atoms with E-state index in [1.807, 2.05) is 0 Å². The molecule has 0 fully saturated rings. The van der Waals surface area contributed by atoms with Gasteiger partial charge in [-0.25, -0.2) is 9.97 Å². The maximum Gasteiger partial charge on any atom is 0.297 e. The van der Waals surface area contributed by atoms with Crippen molar-refractivity contribution >= 4 is 5.69 Å². The fraction of sp³-hybridized carbons (Fsp3) is 0.222. The van der Waals surface area contributed by atoms with Crippen molar-refractivity contribution < 1.29 is 4.74 Å². The summed E-state index contributed by atoms with van der Waals surface area (Å²) in [4.78, 5) is 19.6. The van der Waals surface area contributed by atoms with Gasteiger partial charge in [0.1, 0.15) is 5.69 Å². The summed E-state index contributed by atoms with van der Waals surface area (Å²) in [5, 5.41) is 2.80. The lowest BCUT2D eigenvalue weighted by Gasteiger charge is -1.98. The van der Waals surface area contributed by atoms with Gasteiger partial charge in [0.2, 0.25) is 0 Å². The Morgan fingerprint density at radius 3 is 2.81 bits per heavy atom. The van der Waals surface area contributed by atoms with Gasteiger partial charge in [0.25, 0.3) is 11.5 Å². The summed E-state index contributed by atoms with van der Waals surface area (Å²) < 4.78 is 6.09. The number of anilines is 1. The van der Waals surface area contributed by atoms with E-state index < -0.39 is 0 Å². The van der Waals surface area contributed by atoms with Crippen LogP contribution in [0.2, 0.25) is 0 Å². The van der Waals surface area contributed by atoms with Crippen molar-refractivity contribution in [1.82, 2.24) is 19.7 Å². The molecule has 2 heterocycles. The number of nitrogens with zero attached hydrogens (tertiary/aromatic N) is 3. The van der Waals surface area contributed by atoms with Gasteiger partial charge in [0.15, 0.2) is 0 Å². The van der Waals surface area contributed by atoms with E-state index in [-0.39, 0.29) is 23.8 Å². The third kappa shape index (κ3) is 1.68. The molecule has 0 aliphatic heterocycles. The number of nitrogens with one attached hydrogen (secondary N) is 1. The number of ether oxygens (including phenoxy) is 1. The first kappa shape index (κ1) is 10.4. The molecule has 0 spiro atoms. The second-order valence-corrected chi connectivity index (χ2v) is 3.13. The molecule has 0 unspecified atom stereocenters. The number of hydrogen-bond donors (Lipinski definition) is 2. The third-order valence-corrected chi connectivity index (χ3v) is 2.05. The lowest BCUT2D eigenvalue weighted by atomic mass is 10.4. The number of H-pyrrole nitrogens is 1. The minimum Gasteiger partial charge on any atom is -0.393 e. The predicted molar refractivity (Wildman–Crippen MR) is 57.1 cm³/mol. The van der Waals surface area contributed by atoms with Crippen LogP contribution in [0.25, 0.3) is 5.95 Å². The third-order valence-electron chi connectivity index (χ3n) is 2.05. The molecule has 0 atom stereocenters. The number of aromatic nitrogens is 4. The zero-order valence-corrected chi connectivity index (χ0v) is 8.67. The van der Waals surface area contributed by atoms with Crippen molar-refractivity contribution in [3.05, 3.63) is 34.5 Å². The van der Waals surface area contributed by atoms with Crippen molar-refractivity contribution in [1.29, 1.82) is 0 Å². The van der Waals surface area contributed by atoms with E-state index >= 15 is 0 Å². The van der Waals surface area contributed by atoms with Crippen LogP contribution in [0.1, 0.15) is 5.69 Å². The molecule has 0 radical (unpaired) electrons. The van der Waals surface area contributed by atoms with Crippen LogP contribution in [0.3, 0.4) is 0 Å². The SMILES string of the molecule is COCc1[nH]n(-c2ncccn2)c(=O)c1N. The molecule has 0 saturated carbocycles. The maximum atomic E-state index is 11.7. The smallest absolute Gasteiger partial charge is 0.297 e. The highest BCUT2D eigenvalue weighted by Crippen LogP contribution is 2.06. The van der Waals surface area contributed by atoms with Gasteiger partial charge in [0, 0.05) is 19.5 Å². The van der Waals surface area contributed by atoms with E-state index in [0.29, 0.717) is 5.69 Å². The number of nitrogens with two attached hydrogens (primary N) is 1. The molecular weight excluding hydrogens is 210 g/mol. The topological polar surface area (TPSA) is 98.8 Å². The molecule has 0 aliphatic carbocycles. The van der Waals surface area contributed by atoms with E-state index in [1.54, 1.807) is 18.5 Å². The van der Waals surface area contributed by atoms with Gasteiger partial charge in [0.05, 0.1) is 12.3 Å². The Hall–Kier alpha value is -2.15. The van der Waals surface area contributed by atoms with Crippen LogP contribution < -0.4 is 11.3 Å². The largest absolute Gasteiger partial charge is 0.393 e. The van der Waals surface area contributed by atoms with Gasteiger partial charge in [-0.05, 0) is 6.07 Å². The molecule has 7 nitrogen and oxygen atoms in total. The van der Waals surface area contributed by atoms with Gasteiger partial charge in [-0.15, -0.1) is 0 Å². The first-order valence-corrected chi connectivity index (χ1v) is 4.59. The van der Waals surface area contributed by atoms with Crippen LogP contribution in [0, 0.1) is 0 Å². The lowest BCUT2D eigenvalue weighted by Crippen LogP contribution is -2.18. The summed E-state index contributed by atoms with van der Waals surface area (Å²) in [6.07, 6.45) is 3.09. The average Bonchev–Trinajstić information content (AvgIpc) is 2.59. The standard InChI is InChI=1S/C9H11N5O2/c1-16-5-6-7(10)8(15)14(13-6)9-11-3-2-4-12-9/h2-4,13H,5,10H2,1H3. The van der Waals surface area contributed by atoms with Crippen molar-refractivity contribution in [3.63, 3.8) is 0 Å². The van der Waals surface area contributed by atoms with Gasteiger partial charge in [-0.1, -0.05) is 0 Å². The summed E-state index contributed by atoms with van der Waals surface area (Å²) in [6.45, 7) is 0.237. The number of hydrogen-bond acceptors (Lipinski definition) is 5. The highest BCUT2D eigenvalue weighted by Gasteiger charge is 2.12. The first-order chi connectivity index (χ1) is 7.74. The molecular formula is C9H11N5O2. The van der Waals surface area contributed by atoms with Crippen molar-refractivity contribution in [2.75, 3.05) is 12.8 Å². The zero-order valence-electron chi connectivity index (χ0n) is 8.67. The molecule has 7 heteroatoms. The van der Waals surface area contributed by atoms with Gasteiger partial charge in [-0.2, -0.15) is 4.68 Å². The lowest BCUT2D eigenvalue weighted by molar-refractivity contribution is 0.181. The maximum absolute atomic E-state index is 11.7. The van der Waals surface area contributed by atoms with Crippen LogP contribution in [-0.4, -0.2) is 26.9 Å². The normalized spacial score (nSPS) is 10.6. The number of aromatic amines is 1. The van der Waals surface area contributed by atoms with Crippen molar-refractivity contribution in [2.45, 2.75) is 6.61 Å². The van der Waals surface area contributed by atoms with Gasteiger partial charge >= 0.3 is 0 Å². The zero-order chi connectivity index (χ0) is 11.5. The Bertz CT molecular complexity index is 531. The minimum absolute atomic E-state index is 0.120. The van der Waals surface area contributed by atoms with Crippen LogP contribution >= 0.6 is 0 Å². The monoisotopic (exact) mass is 221 g/mol. The second-order valence-electron chi connectivity index (χ2n) is 3.13. The van der Waals surface area contributed by atoms with Crippen LogP contribution in [0.15, 0.2) is 23.3 Å². The highest BCUT2D eigenvalue weighted by molar-refractivity contribution is 5.41. The molecule has 0 saturated heterocycles. The summed E-state index contributed by atoms with van der Waals surface area (Å²) in [7, 11) is 1.52. The first-order valence-electron chi connectivity index (χ1n) is 4.59. The van der Waals surface area contributed by atoms with Crippen molar-refractivity contribution in [3.8, 4) is 5.95 Å². The molecule has 2 aromatic rings. The van der Waals surface area contributed by atoms with E-state index in [1.165, 1.54) is 11.8 Å². The predicted octanol–water partition coefficient (Wildman–Crippen LogP) is -0.316. The molecule has 16 heavy (non-hydrogen) atoms. The van der Waals surface area contributed by atoms with E-state index in [4.69, 9.17) is 10.5 Å². The quantitative estimate of drug-likeness (QED) is 0.740. The van der Waals surface area contributed by atoms with Crippen LogP contribution in [-0.2, 0) is 11.3 Å². The fourth-order valence-electron chi connectivity index (χ4n) is 1.30. The molecule has 84 valence electrons. The molecule has 2 aromatic heterocycles. The summed E-state index contributed by atoms with van der Waals surface area (Å²) >= 11 is 0. The average molecular weight is 221 g/mol. The Balaban J connectivity index is 2.51. The molecule has 0 aliphatic rings. The Morgan fingerprint density at radius 1 is 1.50 bits per heavy atom. The van der Waals surface area contributed by atoms with Crippen LogP contribution in [0.4, 0.5) is 5.69 Å². The Kier molecular flexibility index (Phi) is 2.69. The number of methoxy groups -OCH3 is 1. The summed E-state index contributed by atoms with van der Waals surface area (Å²) in [6, 6.07) is 1.66. The summed E-state index contributed by atoms with van der Waals surface area (Å²) in [5.41, 5.74) is 5.88. The molecule has 0 aromatic carbocycles. The van der Waals surface area contributed by atoms with E-state index in [2.05, 4.69) is 15.1 Å². The Labute approximate surface area is 90.9 Å². The second kappa shape index (κ2) is 4.15. The molecule has 2 rings (SSSR count). The van der Waals surface area contributed by atoms with Crippen LogP contribution in [0.5, 0.6) is 0 Å². The highest BCUT2D eigenvalue weighted by atomic mass is 16.5. The van der Waals surface area contributed by atoms with Crippen molar-refractivity contribution in [2.24, 2.45) is 0 Å². The summed E-state index contributed by atoms with van der Waals surface area (Å²) in [5.74, 6) is 0.251. The van der Waals surface area contributed by atoms with E-state index in [9.17, 15) is 4.79 Å². The van der Waals surface area contributed by atoms with Gasteiger partial charge < -0.3 is 10.5 Å². The fourth-order valence-corrected chi connectivity index (χ4v) is 1.30. The molecule has 3 N–H and O–H groups in total. The van der Waals surface area contributed by atoms with Gasteiger partial charge in [-0.3, -0.25) is 9.89 Å². The number of rotatable bonds is 3. The molecule has 0 bridgehead atoms. The number of nitrogen functional groups attached to an aromatic ring is 1. The Morgan fingerprint density at radius 2 is 2.19 bits per heavy atom.